The highest BCUT2D eigenvalue weighted by atomic mass is 19.1. The Bertz CT molecular complexity index is 1550. The molecule has 0 radical (unpaired) electrons. The van der Waals surface area contributed by atoms with E-state index in [-0.39, 0.29) is 18.2 Å². The third kappa shape index (κ3) is 6.14. The van der Waals surface area contributed by atoms with Crippen molar-refractivity contribution in [1.29, 1.82) is 0 Å². The van der Waals surface area contributed by atoms with Gasteiger partial charge < -0.3 is 20.3 Å². The number of nitrogens with two attached hydrogens (primary N) is 1. The van der Waals surface area contributed by atoms with E-state index in [0.717, 1.165) is 31.7 Å². The molecule has 2 fully saturated rings. The van der Waals surface area contributed by atoms with Gasteiger partial charge in [-0.2, -0.15) is 0 Å². The van der Waals surface area contributed by atoms with E-state index in [1.54, 1.807) is 30.7 Å². The maximum absolute atomic E-state index is 15.1. The molecule has 2 aliphatic rings. The molecule has 3 aromatic heterocycles. The lowest BCUT2D eigenvalue weighted by molar-refractivity contribution is -0.119. The minimum absolute atomic E-state index is 0.113. The van der Waals surface area contributed by atoms with Gasteiger partial charge in [0.2, 0.25) is 5.95 Å². The summed E-state index contributed by atoms with van der Waals surface area (Å²) in [6.07, 6.45) is 5.03. The number of nitrogen functional groups attached to an aromatic ring is 1. The predicted octanol–water partition coefficient (Wildman–Crippen LogP) is 2.07. The average Bonchev–Trinajstić information content (AvgIpc) is 2.99. The number of ether oxygens (including phenoxy) is 1. The minimum Gasteiger partial charge on any atom is -0.378 e. The first kappa shape index (κ1) is 27.1. The summed E-state index contributed by atoms with van der Waals surface area (Å²) in [7, 11) is 2.09. The first-order valence-corrected chi connectivity index (χ1v) is 13.7. The number of aromatic nitrogens is 5. The van der Waals surface area contributed by atoms with Crippen molar-refractivity contribution in [3.05, 3.63) is 54.2 Å². The highest BCUT2D eigenvalue weighted by Crippen LogP contribution is 2.31. The second-order valence-corrected chi connectivity index (χ2v) is 10.5. The van der Waals surface area contributed by atoms with Crippen LogP contribution in [-0.2, 0) is 16.0 Å². The second-order valence-electron chi connectivity index (χ2n) is 10.5. The Labute approximate surface area is 237 Å². The highest BCUT2D eigenvalue weighted by Gasteiger charge is 2.21. The number of fused-ring (bicyclic) bond motifs is 1. The van der Waals surface area contributed by atoms with E-state index in [1.165, 1.54) is 6.07 Å². The number of halogens is 1. The zero-order chi connectivity index (χ0) is 28.3. The lowest BCUT2D eigenvalue weighted by Crippen LogP contribution is -2.46. The number of Topliss-reactive ketones (excluding diaryl/α,β-unsaturated/α-hetero) is 1. The van der Waals surface area contributed by atoms with Gasteiger partial charge >= 0.3 is 0 Å². The van der Waals surface area contributed by atoms with Gasteiger partial charge in [-0.25, -0.2) is 24.3 Å². The topological polar surface area (TPSA) is 126 Å². The Hall–Kier alpha value is -4.13. The summed E-state index contributed by atoms with van der Waals surface area (Å²) in [5, 5.41) is 0. The lowest BCUT2D eigenvalue weighted by Gasteiger charge is -2.31. The van der Waals surface area contributed by atoms with Gasteiger partial charge in [-0.3, -0.25) is 14.7 Å². The van der Waals surface area contributed by atoms with E-state index in [0.29, 0.717) is 72.2 Å². The summed E-state index contributed by atoms with van der Waals surface area (Å²) in [4.78, 5) is 41.8. The smallest absolute Gasteiger partial charge is 0.219 e. The predicted molar refractivity (Wildman–Crippen MR) is 154 cm³/mol. The van der Waals surface area contributed by atoms with E-state index < -0.39 is 5.82 Å². The Morgan fingerprint density at radius 2 is 1.68 bits per heavy atom. The average molecular weight is 558 g/mol. The first-order valence-electron chi connectivity index (χ1n) is 13.7. The molecule has 4 aromatic rings. The standard InChI is InChI=1S/C29H32FN9O2/c1-37-4-6-38(7-5-37)18-22(40)12-19-2-3-24(30)23(13-19)20-14-25-26(32-15-20)28(39-8-10-41-11-9-39)36-27(35-25)21-16-33-29(31)34-17-21/h2-3,13-17H,4-12,18H2,1H3,(H2,31,33,34). The van der Waals surface area contributed by atoms with Gasteiger partial charge in [-0.1, -0.05) is 6.07 Å². The van der Waals surface area contributed by atoms with Crippen LogP contribution < -0.4 is 10.6 Å². The van der Waals surface area contributed by atoms with Gasteiger partial charge in [0.1, 0.15) is 11.3 Å². The maximum atomic E-state index is 15.1. The molecule has 0 spiro atoms. The Morgan fingerprint density at radius 3 is 2.44 bits per heavy atom. The Kier molecular flexibility index (Phi) is 7.77. The highest BCUT2D eigenvalue weighted by molar-refractivity contribution is 5.90. The summed E-state index contributed by atoms with van der Waals surface area (Å²) in [6.45, 7) is 6.52. The largest absolute Gasteiger partial charge is 0.378 e. The van der Waals surface area contributed by atoms with Gasteiger partial charge in [-0.15, -0.1) is 0 Å². The number of hydrogen-bond donors (Lipinski definition) is 1. The molecule has 0 atom stereocenters. The van der Waals surface area contributed by atoms with Gasteiger partial charge in [0.25, 0.3) is 0 Å². The second kappa shape index (κ2) is 11.8. The fraction of sp³-hybridized carbons (Fsp3) is 0.379. The molecule has 2 aliphatic heterocycles. The number of nitrogens with zero attached hydrogens (tertiary/aromatic N) is 8. The summed E-state index contributed by atoms with van der Waals surface area (Å²) in [5.41, 5.74) is 9.14. The fourth-order valence-electron chi connectivity index (χ4n) is 5.17. The van der Waals surface area contributed by atoms with Gasteiger partial charge in [0.15, 0.2) is 17.4 Å². The monoisotopic (exact) mass is 557 g/mol. The molecule has 2 N–H and O–H groups in total. The number of piperazine rings is 1. The quantitative estimate of drug-likeness (QED) is 0.359. The van der Waals surface area contributed by atoms with Crippen LogP contribution in [0.15, 0.2) is 42.9 Å². The number of carbonyl (C=O) groups excluding carboxylic acids is 1. The van der Waals surface area contributed by atoms with Crippen LogP contribution in [-0.4, -0.2) is 107 Å². The molecule has 0 aliphatic carbocycles. The fourth-order valence-corrected chi connectivity index (χ4v) is 5.17. The SMILES string of the molecule is CN1CCN(CC(=O)Cc2ccc(F)c(-c3cnc4c(N5CCOCC5)nc(-c5cnc(N)nc5)nc4c3)c2)CC1. The molecular weight excluding hydrogens is 525 g/mol. The van der Waals surface area contributed by atoms with Crippen LogP contribution >= 0.6 is 0 Å². The number of carbonyl (C=O) groups is 1. The molecule has 5 heterocycles. The van der Waals surface area contributed by atoms with E-state index in [2.05, 4.69) is 31.7 Å². The summed E-state index contributed by atoms with van der Waals surface area (Å²) >= 11 is 0. The van der Waals surface area contributed by atoms with Crippen LogP contribution in [0, 0.1) is 5.82 Å². The zero-order valence-electron chi connectivity index (χ0n) is 23.0. The number of ketones is 1. The molecule has 0 amide bonds. The van der Waals surface area contributed by atoms with Gasteiger partial charge in [-0.05, 0) is 30.8 Å². The molecule has 2 saturated heterocycles. The van der Waals surface area contributed by atoms with Crippen LogP contribution in [0.5, 0.6) is 0 Å². The number of anilines is 2. The molecule has 11 nitrogen and oxygen atoms in total. The molecule has 6 rings (SSSR count). The molecule has 1 aromatic carbocycles. The van der Waals surface area contributed by atoms with Crippen LogP contribution in [0.3, 0.4) is 0 Å². The van der Waals surface area contributed by atoms with E-state index in [9.17, 15) is 4.79 Å². The van der Waals surface area contributed by atoms with Crippen molar-refractivity contribution >= 4 is 28.6 Å². The number of pyridine rings is 1. The molecule has 0 saturated carbocycles. The Morgan fingerprint density at radius 1 is 0.951 bits per heavy atom. The molecule has 212 valence electrons. The summed E-state index contributed by atoms with van der Waals surface area (Å²) in [6, 6.07) is 6.63. The van der Waals surface area contributed by atoms with Crippen LogP contribution in [0.2, 0.25) is 0 Å². The minimum atomic E-state index is -0.393. The molecule has 12 heteroatoms. The molecule has 0 unspecified atom stereocenters. The first-order chi connectivity index (χ1) is 19.9. The summed E-state index contributed by atoms with van der Waals surface area (Å²) < 4.78 is 20.7. The Balaban J connectivity index is 1.32. The van der Waals surface area contributed by atoms with E-state index in [1.807, 2.05) is 6.07 Å². The van der Waals surface area contributed by atoms with E-state index in [4.69, 9.17) is 25.4 Å². The van der Waals surface area contributed by atoms with Crippen LogP contribution in [0.4, 0.5) is 16.2 Å². The number of morpholine rings is 1. The summed E-state index contributed by atoms with van der Waals surface area (Å²) in [5.74, 6) is 0.962. The maximum Gasteiger partial charge on any atom is 0.219 e. The van der Waals surface area contributed by atoms with Gasteiger partial charge in [0.05, 0.1) is 30.8 Å². The van der Waals surface area contributed by atoms with E-state index >= 15 is 4.39 Å². The van der Waals surface area contributed by atoms with Crippen molar-refractivity contribution in [2.24, 2.45) is 0 Å². The van der Waals surface area contributed by atoms with Crippen molar-refractivity contribution in [2.45, 2.75) is 6.42 Å². The van der Waals surface area contributed by atoms with Crippen molar-refractivity contribution in [1.82, 2.24) is 34.7 Å². The zero-order valence-corrected chi connectivity index (χ0v) is 23.0. The van der Waals surface area contributed by atoms with Crippen LogP contribution in [0.25, 0.3) is 33.5 Å². The number of hydrogen-bond acceptors (Lipinski definition) is 11. The van der Waals surface area contributed by atoms with Crippen molar-refractivity contribution in [3.63, 3.8) is 0 Å². The normalized spacial score (nSPS) is 16.8. The third-order valence-electron chi connectivity index (χ3n) is 7.50. The molecule has 41 heavy (non-hydrogen) atoms. The molecular formula is C29H32FN9O2. The number of likely N-dealkylation sites (N-methyl/N-ethyl adjacent to an activating group) is 1. The number of benzene rings is 1. The van der Waals surface area contributed by atoms with Crippen molar-refractivity contribution < 1.29 is 13.9 Å². The van der Waals surface area contributed by atoms with Gasteiger partial charge in [0, 0.05) is 75.4 Å². The molecule has 0 bridgehead atoms. The number of rotatable bonds is 7. The van der Waals surface area contributed by atoms with Crippen LogP contribution in [0.1, 0.15) is 5.56 Å². The lowest BCUT2D eigenvalue weighted by atomic mass is 10.0. The van der Waals surface area contributed by atoms with Crippen molar-refractivity contribution in [2.75, 3.05) is 76.7 Å². The van der Waals surface area contributed by atoms with Crippen molar-refractivity contribution in [3.8, 4) is 22.5 Å². The third-order valence-corrected chi connectivity index (χ3v) is 7.50.